The molecule has 0 aliphatic carbocycles. The molecule has 1 aliphatic rings. The Morgan fingerprint density at radius 2 is 0.808 bits per heavy atom. The number of aliphatic hydroxyl groups excluding tert-OH is 5. The van der Waals surface area contributed by atoms with Gasteiger partial charge in [-0.1, -0.05) is 288 Å². The highest BCUT2D eigenvalue weighted by molar-refractivity contribution is 5.76. The van der Waals surface area contributed by atoms with Crippen molar-refractivity contribution in [2.75, 3.05) is 13.2 Å². The summed E-state index contributed by atoms with van der Waals surface area (Å²) in [6, 6.07) is -0.806. The molecule has 430 valence electrons. The van der Waals surface area contributed by atoms with E-state index in [4.69, 9.17) is 9.47 Å². The van der Waals surface area contributed by atoms with Crippen LogP contribution >= 0.6 is 0 Å². The third kappa shape index (κ3) is 43.1. The Kier molecular flexibility index (Phi) is 51.2. The highest BCUT2D eigenvalue weighted by Gasteiger charge is 2.44. The van der Waals surface area contributed by atoms with Crippen LogP contribution < -0.4 is 5.32 Å². The molecule has 9 heteroatoms. The summed E-state index contributed by atoms with van der Waals surface area (Å²) >= 11 is 0. The van der Waals surface area contributed by atoms with Crippen LogP contribution in [-0.4, -0.2) is 87.5 Å². The topological polar surface area (TPSA) is 149 Å². The normalized spacial score (nSPS) is 19.2. The van der Waals surface area contributed by atoms with E-state index < -0.39 is 49.5 Å². The van der Waals surface area contributed by atoms with Crippen LogP contribution in [0.4, 0.5) is 0 Å². The van der Waals surface area contributed by atoms with Gasteiger partial charge in [0.1, 0.15) is 24.4 Å². The van der Waals surface area contributed by atoms with Crippen molar-refractivity contribution >= 4 is 5.91 Å². The van der Waals surface area contributed by atoms with Gasteiger partial charge in [0.2, 0.25) is 5.91 Å². The number of nitrogens with one attached hydrogen (secondary N) is 1. The Hall–Kier alpha value is -1.59. The molecule has 1 fully saturated rings. The van der Waals surface area contributed by atoms with Gasteiger partial charge in [-0.15, -0.1) is 0 Å². The Labute approximate surface area is 451 Å². The molecule has 0 radical (unpaired) electrons. The monoisotopic (exact) mass is 1030 g/mol. The van der Waals surface area contributed by atoms with Gasteiger partial charge >= 0.3 is 0 Å². The minimum atomic E-state index is -1.57. The SMILES string of the molecule is CCCCCCCCCCC/C=C\C/C=C\CCCCCCCCCCCCCCCC(=O)NC(COC1OC(CO)C(O)C(O)C1O)C(O)/C=C/CCCCCCCCCCCCCCCCCCCCC. The van der Waals surface area contributed by atoms with Gasteiger partial charge in [-0.05, 0) is 51.4 Å². The van der Waals surface area contributed by atoms with Crippen molar-refractivity contribution in [3.63, 3.8) is 0 Å². The molecular weight excluding hydrogens is 911 g/mol. The summed E-state index contributed by atoms with van der Waals surface area (Å²) in [6.07, 6.45) is 63.6. The van der Waals surface area contributed by atoms with Gasteiger partial charge in [-0.2, -0.15) is 0 Å². The summed E-state index contributed by atoms with van der Waals surface area (Å²) in [6.45, 7) is 3.82. The third-order valence-electron chi connectivity index (χ3n) is 15.2. The zero-order valence-electron chi connectivity index (χ0n) is 47.9. The van der Waals surface area contributed by atoms with Crippen LogP contribution in [-0.2, 0) is 14.3 Å². The van der Waals surface area contributed by atoms with Crippen LogP contribution in [0, 0.1) is 0 Å². The molecule has 0 aromatic carbocycles. The molecule has 6 N–H and O–H groups in total. The molecule has 7 unspecified atom stereocenters. The number of allylic oxidation sites excluding steroid dienone is 5. The van der Waals surface area contributed by atoms with Gasteiger partial charge in [0, 0.05) is 6.42 Å². The van der Waals surface area contributed by atoms with E-state index in [1.54, 1.807) is 6.08 Å². The number of hydrogen-bond acceptors (Lipinski definition) is 8. The van der Waals surface area contributed by atoms with E-state index in [1.165, 1.54) is 244 Å². The lowest BCUT2D eigenvalue weighted by atomic mass is 9.99. The number of hydrogen-bond donors (Lipinski definition) is 6. The molecule has 9 nitrogen and oxygen atoms in total. The second-order valence-electron chi connectivity index (χ2n) is 22.2. The van der Waals surface area contributed by atoms with Crippen LogP contribution in [0.15, 0.2) is 36.5 Å². The minimum Gasteiger partial charge on any atom is -0.394 e. The van der Waals surface area contributed by atoms with Gasteiger partial charge in [-0.3, -0.25) is 4.79 Å². The predicted octanol–water partition coefficient (Wildman–Crippen LogP) is 16.3. The molecule has 1 saturated heterocycles. The van der Waals surface area contributed by atoms with E-state index in [9.17, 15) is 30.3 Å². The predicted molar refractivity (Wildman–Crippen MR) is 309 cm³/mol. The first kappa shape index (κ1) is 69.4. The van der Waals surface area contributed by atoms with Crippen LogP contribution in [0.3, 0.4) is 0 Å². The van der Waals surface area contributed by atoms with E-state index in [1.807, 2.05) is 6.08 Å². The molecule has 1 rings (SSSR count). The number of rotatable bonds is 55. The fourth-order valence-electron chi connectivity index (χ4n) is 10.2. The van der Waals surface area contributed by atoms with Gasteiger partial charge in [0.25, 0.3) is 0 Å². The maximum absolute atomic E-state index is 13.1. The molecule has 0 saturated carbocycles. The van der Waals surface area contributed by atoms with Crippen LogP contribution in [0.2, 0.25) is 0 Å². The van der Waals surface area contributed by atoms with E-state index in [2.05, 4.69) is 43.5 Å². The summed E-state index contributed by atoms with van der Waals surface area (Å²) in [5.41, 5.74) is 0. The average Bonchev–Trinajstić information content (AvgIpc) is 3.39. The Morgan fingerprint density at radius 1 is 0.466 bits per heavy atom. The lowest BCUT2D eigenvalue weighted by Gasteiger charge is -2.40. The first-order chi connectivity index (χ1) is 35.8. The maximum Gasteiger partial charge on any atom is 0.220 e. The number of carbonyl (C=O) groups excluding carboxylic acids is 1. The average molecular weight is 1030 g/mol. The molecular formula is C64H121NO8. The van der Waals surface area contributed by atoms with Crippen molar-refractivity contribution in [1.82, 2.24) is 5.32 Å². The highest BCUT2D eigenvalue weighted by atomic mass is 16.7. The first-order valence-electron chi connectivity index (χ1n) is 31.7. The molecule has 0 spiro atoms. The lowest BCUT2D eigenvalue weighted by molar-refractivity contribution is -0.302. The van der Waals surface area contributed by atoms with Gasteiger partial charge < -0.3 is 40.3 Å². The van der Waals surface area contributed by atoms with E-state index >= 15 is 0 Å². The number of unbranched alkanes of at least 4 members (excludes halogenated alkanes) is 41. The zero-order chi connectivity index (χ0) is 52.9. The zero-order valence-corrected chi connectivity index (χ0v) is 47.9. The maximum atomic E-state index is 13.1. The summed E-state index contributed by atoms with van der Waals surface area (Å²) < 4.78 is 11.3. The largest absolute Gasteiger partial charge is 0.394 e. The molecule has 0 aromatic rings. The van der Waals surface area contributed by atoms with E-state index in [0.29, 0.717) is 6.42 Å². The number of ether oxygens (including phenoxy) is 2. The summed E-state index contributed by atoms with van der Waals surface area (Å²) in [5.74, 6) is -0.174. The first-order valence-corrected chi connectivity index (χ1v) is 31.7. The number of carbonyl (C=O) groups is 1. The fraction of sp³-hybridized carbons (Fsp3) is 0.891. The van der Waals surface area contributed by atoms with Gasteiger partial charge in [-0.25, -0.2) is 0 Å². The lowest BCUT2D eigenvalue weighted by Crippen LogP contribution is -2.60. The standard InChI is InChI=1S/C64H121NO8/c1-3-5-7-9-11-13-15-17-19-21-23-25-26-27-28-29-30-31-32-34-36-38-40-42-44-46-48-50-52-54-60(68)65-57(56-72-64-63(71)62(70)61(69)59(55-66)73-64)58(67)53-51-49-47-45-43-41-39-37-35-33-24-22-20-18-16-14-12-10-8-6-4-2/h23,25,27-28,51,53,57-59,61-64,66-67,69-71H,3-22,24,26,29-50,52,54-56H2,1-2H3,(H,65,68)/b25-23-,28-27-,53-51+. The molecule has 1 aliphatic heterocycles. The Balaban J connectivity index is 2.17. The number of aliphatic hydroxyl groups is 5. The van der Waals surface area contributed by atoms with Gasteiger partial charge in [0.05, 0.1) is 25.4 Å². The summed E-state index contributed by atoms with van der Waals surface area (Å²) in [4.78, 5) is 13.1. The Bertz CT molecular complexity index is 1240. The molecule has 0 aromatic heterocycles. The molecule has 0 bridgehead atoms. The number of amides is 1. The second kappa shape index (κ2) is 53.8. The van der Waals surface area contributed by atoms with Crippen molar-refractivity contribution in [1.29, 1.82) is 0 Å². The Morgan fingerprint density at radius 3 is 1.18 bits per heavy atom. The molecule has 73 heavy (non-hydrogen) atoms. The third-order valence-corrected chi connectivity index (χ3v) is 15.2. The van der Waals surface area contributed by atoms with Crippen molar-refractivity contribution in [3.05, 3.63) is 36.5 Å². The van der Waals surface area contributed by atoms with Crippen molar-refractivity contribution < 1.29 is 39.8 Å². The van der Waals surface area contributed by atoms with Crippen LogP contribution in [0.25, 0.3) is 0 Å². The molecule has 1 heterocycles. The quantitative estimate of drug-likeness (QED) is 0.0261. The van der Waals surface area contributed by atoms with Crippen molar-refractivity contribution in [2.24, 2.45) is 0 Å². The van der Waals surface area contributed by atoms with Gasteiger partial charge in [0.15, 0.2) is 6.29 Å². The van der Waals surface area contributed by atoms with Crippen molar-refractivity contribution in [2.45, 2.75) is 352 Å². The van der Waals surface area contributed by atoms with E-state index in [-0.39, 0.29) is 12.5 Å². The summed E-state index contributed by atoms with van der Waals surface area (Å²) in [5, 5.41) is 54.6. The fourth-order valence-corrected chi connectivity index (χ4v) is 10.2. The van der Waals surface area contributed by atoms with Crippen LogP contribution in [0.5, 0.6) is 0 Å². The minimum absolute atomic E-state index is 0.174. The van der Waals surface area contributed by atoms with Crippen molar-refractivity contribution in [3.8, 4) is 0 Å². The smallest absolute Gasteiger partial charge is 0.220 e. The van der Waals surface area contributed by atoms with Crippen LogP contribution in [0.1, 0.15) is 309 Å². The highest BCUT2D eigenvalue weighted by Crippen LogP contribution is 2.23. The second-order valence-corrected chi connectivity index (χ2v) is 22.2. The molecule has 1 amide bonds. The molecule has 7 atom stereocenters. The van der Waals surface area contributed by atoms with E-state index in [0.717, 1.165) is 44.9 Å². The summed E-state index contributed by atoms with van der Waals surface area (Å²) in [7, 11) is 0.